The second-order valence-electron chi connectivity index (χ2n) is 6.79. The van der Waals surface area contributed by atoms with Crippen LogP contribution in [0, 0.1) is 0 Å². The fourth-order valence-electron chi connectivity index (χ4n) is 2.92. The summed E-state index contributed by atoms with van der Waals surface area (Å²) >= 11 is 0. The summed E-state index contributed by atoms with van der Waals surface area (Å²) in [6.45, 7) is 3.97. The standard InChI is InChI=1S/C18H32O8/c1-3-5-7-9-11(19)25-17-15(23)13(21)14(22)16(24)18(17)26-12(20)10-8-6-4-2/h13-18,21-24H,3-10H2,1-2H3. The average molecular weight is 376 g/mol. The van der Waals surface area contributed by atoms with Crippen LogP contribution in [0.25, 0.3) is 0 Å². The van der Waals surface area contributed by atoms with Gasteiger partial charge >= 0.3 is 11.9 Å². The van der Waals surface area contributed by atoms with Crippen molar-refractivity contribution in [2.75, 3.05) is 0 Å². The van der Waals surface area contributed by atoms with Gasteiger partial charge in [0.25, 0.3) is 0 Å². The molecule has 0 saturated heterocycles. The zero-order valence-corrected chi connectivity index (χ0v) is 15.5. The van der Waals surface area contributed by atoms with Crippen LogP contribution in [0.5, 0.6) is 0 Å². The Balaban J connectivity index is 2.78. The third-order valence-corrected chi connectivity index (χ3v) is 4.55. The maximum Gasteiger partial charge on any atom is 0.306 e. The molecule has 1 fully saturated rings. The van der Waals surface area contributed by atoms with Gasteiger partial charge in [0, 0.05) is 12.8 Å². The van der Waals surface area contributed by atoms with Crippen LogP contribution >= 0.6 is 0 Å². The average Bonchev–Trinajstić information content (AvgIpc) is 2.61. The van der Waals surface area contributed by atoms with Crippen molar-refractivity contribution in [1.29, 1.82) is 0 Å². The highest BCUT2D eigenvalue weighted by molar-refractivity contribution is 5.70. The molecule has 0 aliphatic heterocycles. The lowest BCUT2D eigenvalue weighted by atomic mass is 9.84. The first kappa shape index (κ1) is 22.8. The quantitative estimate of drug-likeness (QED) is 0.319. The van der Waals surface area contributed by atoms with Crippen LogP contribution in [0.3, 0.4) is 0 Å². The number of hydrogen-bond donors (Lipinski definition) is 4. The number of ether oxygens (including phenoxy) is 2. The summed E-state index contributed by atoms with van der Waals surface area (Å²) in [4.78, 5) is 23.9. The van der Waals surface area contributed by atoms with Crippen LogP contribution in [0.2, 0.25) is 0 Å². The number of carbonyl (C=O) groups is 2. The van der Waals surface area contributed by atoms with Crippen molar-refractivity contribution in [2.45, 2.75) is 102 Å². The zero-order chi connectivity index (χ0) is 19.7. The molecule has 4 N–H and O–H groups in total. The third-order valence-electron chi connectivity index (χ3n) is 4.55. The predicted octanol–water partition coefficient (Wildman–Crippen LogP) is 0.428. The Bertz CT molecular complexity index is 401. The van der Waals surface area contributed by atoms with Gasteiger partial charge in [-0.05, 0) is 12.8 Å². The highest BCUT2D eigenvalue weighted by Crippen LogP contribution is 2.27. The molecular weight excluding hydrogens is 344 g/mol. The number of aliphatic hydroxyl groups excluding tert-OH is 4. The van der Waals surface area contributed by atoms with E-state index >= 15 is 0 Å². The molecule has 0 bridgehead atoms. The van der Waals surface area contributed by atoms with Crippen molar-refractivity contribution < 1.29 is 39.5 Å². The van der Waals surface area contributed by atoms with Crippen molar-refractivity contribution in [2.24, 2.45) is 0 Å². The summed E-state index contributed by atoms with van der Waals surface area (Å²) in [6.07, 6.45) is -4.70. The molecule has 0 aromatic carbocycles. The number of rotatable bonds is 10. The highest BCUT2D eigenvalue weighted by atomic mass is 16.6. The number of aliphatic hydroxyl groups is 4. The maximum atomic E-state index is 12.0. The van der Waals surface area contributed by atoms with Crippen LogP contribution in [0.1, 0.15) is 65.2 Å². The highest BCUT2D eigenvalue weighted by Gasteiger charge is 2.52. The molecule has 1 saturated carbocycles. The van der Waals surface area contributed by atoms with Gasteiger partial charge in [0.1, 0.15) is 24.4 Å². The molecule has 0 aromatic rings. The van der Waals surface area contributed by atoms with E-state index in [1.165, 1.54) is 0 Å². The van der Waals surface area contributed by atoms with Crippen molar-refractivity contribution in [3.8, 4) is 0 Å². The molecule has 0 heterocycles. The van der Waals surface area contributed by atoms with E-state index in [0.717, 1.165) is 25.7 Å². The first-order valence-electron chi connectivity index (χ1n) is 9.44. The van der Waals surface area contributed by atoms with E-state index in [2.05, 4.69) is 0 Å². The normalized spacial score (nSPS) is 31.5. The van der Waals surface area contributed by atoms with Gasteiger partial charge in [-0.25, -0.2) is 0 Å². The van der Waals surface area contributed by atoms with E-state index in [1.54, 1.807) is 0 Å². The molecule has 1 aliphatic carbocycles. The summed E-state index contributed by atoms with van der Waals surface area (Å²) in [5.41, 5.74) is 0. The topological polar surface area (TPSA) is 134 Å². The lowest BCUT2D eigenvalue weighted by Crippen LogP contribution is -2.65. The number of hydrogen-bond acceptors (Lipinski definition) is 8. The van der Waals surface area contributed by atoms with Crippen LogP contribution < -0.4 is 0 Å². The van der Waals surface area contributed by atoms with E-state index in [4.69, 9.17) is 9.47 Å². The predicted molar refractivity (Wildman–Crippen MR) is 92.1 cm³/mol. The lowest BCUT2D eigenvalue weighted by molar-refractivity contribution is -0.241. The minimum atomic E-state index is -1.71. The minimum absolute atomic E-state index is 0.114. The number of carbonyl (C=O) groups excluding carboxylic acids is 2. The van der Waals surface area contributed by atoms with E-state index in [-0.39, 0.29) is 12.8 Å². The molecular formula is C18H32O8. The first-order chi connectivity index (χ1) is 12.3. The van der Waals surface area contributed by atoms with E-state index in [0.29, 0.717) is 12.8 Å². The summed E-state index contributed by atoms with van der Waals surface area (Å²) in [6, 6.07) is 0. The second-order valence-corrected chi connectivity index (χ2v) is 6.79. The second kappa shape index (κ2) is 11.5. The molecule has 0 aromatic heterocycles. The fraction of sp³-hybridized carbons (Fsp3) is 0.889. The van der Waals surface area contributed by atoms with Gasteiger partial charge in [0.15, 0.2) is 12.2 Å². The molecule has 152 valence electrons. The van der Waals surface area contributed by atoms with E-state index < -0.39 is 48.6 Å². The summed E-state index contributed by atoms with van der Waals surface area (Å²) < 4.78 is 10.4. The van der Waals surface area contributed by atoms with Gasteiger partial charge in [-0.15, -0.1) is 0 Å². The Hall–Kier alpha value is -1.22. The lowest BCUT2D eigenvalue weighted by Gasteiger charge is -2.42. The Morgan fingerprint density at radius 2 is 1.00 bits per heavy atom. The van der Waals surface area contributed by atoms with Gasteiger partial charge in [-0.1, -0.05) is 39.5 Å². The summed E-state index contributed by atoms with van der Waals surface area (Å²) in [5.74, 6) is -1.24. The van der Waals surface area contributed by atoms with Crippen LogP contribution in [0.4, 0.5) is 0 Å². The van der Waals surface area contributed by atoms with Crippen molar-refractivity contribution in [3.63, 3.8) is 0 Å². The Morgan fingerprint density at radius 3 is 1.31 bits per heavy atom. The monoisotopic (exact) mass is 376 g/mol. The van der Waals surface area contributed by atoms with Crippen molar-refractivity contribution >= 4 is 11.9 Å². The van der Waals surface area contributed by atoms with Crippen LogP contribution in [0.15, 0.2) is 0 Å². The van der Waals surface area contributed by atoms with Gasteiger partial charge in [-0.3, -0.25) is 9.59 Å². The molecule has 0 amide bonds. The van der Waals surface area contributed by atoms with Crippen molar-refractivity contribution in [1.82, 2.24) is 0 Å². The molecule has 1 rings (SSSR count). The molecule has 0 radical (unpaired) electrons. The van der Waals surface area contributed by atoms with Gasteiger partial charge in [0.05, 0.1) is 0 Å². The van der Waals surface area contributed by atoms with Gasteiger partial charge in [-0.2, -0.15) is 0 Å². The SMILES string of the molecule is CCCCCC(=O)OC1C(O)C(O)C(O)C(O)C1OC(=O)CCCCC. The first-order valence-corrected chi connectivity index (χ1v) is 9.44. The Kier molecular flexibility index (Phi) is 10.1. The maximum absolute atomic E-state index is 12.0. The largest absolute Gasteiger partial charge is 0.455 e. The number of esters is 2. The fourth-order valence-corrected chi connectivity index (χ4v) is 2.92. The summed E-state index contributed by atoms with van der Waals surface area (Å²) in [7, 11) is 0. The Labute approximate surface area is 154 Å². The summed E-state index contributed by atoms with van der Waals surface area (Å²) in [5, 5.41) is 40.0. The van der Waals surface area contributed by atoms with E-state index in [1.807, 2.05) is 13.8 Å². The molecule has 1 aliphatic rings. The molecule has 8 heteroatoms. The van der Waals surface area contributed by atoms with Gasteiger partial charge < -0.3 is 29.9 Å². The van der Waals surface area contributed by atoms with Crippen molar-refractivity contribution in [3.05, 3.63) is 0 Å². The Morgan fingerprint density at radius 1 is 0.654 bits per heavy atom. The smallest absolute Gasteiger partial charge is 0.306 e. The number of unbranched alkanes of at least 4 members (excludes halogenated alkanes) is 4. The van der Waals surface area contributed by atoms with Gasteiger partial charge in [0.2, 0.25) is 0 Å². The zero-order valence-electron chi connectivity index (χ0n) is 15.5. The van der Waals surface area contributed by atoms with Crippen LogP contribution in [-0.2, 0) is 19.1 Å². The molecule has 8 nitrogen and oxygen atoms in total. The third kappa shape index (κ3) is 6.50. The molecule has 26 heavy (non-hydrogen) atoms. The van der Waals surface area contributed by atoms with E-state index in [9.17, 15) is 30.0 Å². The molecule has 6 atom stereocenters. The molecule has 6 unspecified atom stereocenters. The molecule has 0 spiro atoms. The van der Waals surface area contributed by atoms with Crippen LogP contribution in [-0.4, -0.2) is 69.0 Å². The minimum Gasteiger partial charge on any atom is -0.455 e.